The Kier molecular flexibility index (Phi) is 8.75. The smallest absolute Gasteiger partial charge is 0.429 e. The number of hydrogen-bond acceptors (Lipinski definition) is 4. The van der Waals surface area contributed by atoms with Crippen molar-refractivity contribution < 1.29 is 26.7 Å². The zero-order chi connectivity index (χ0) is 15.7. The van der Waals surface area contributed by atoms with E-state index >= 15 is 0 Å². The second-order valence-electron chi connectivity index (χ2n) is 3.87. The van der Waals surface area contributed by atoms with Crippen molar-refractivity contribution in [1.29, 1.82) is 5.39 Å². The van der Waals surface area contributed by atoms with E-state index in [1.54, 1.807) is 49.6 Å². The van der Waals surface area contributed by atoms with E-state index in [2.05, 4.69) is 4.98 Å². The normalized spacial score (nSPS) is 8.41. The first-order valence-corrected chi connectivity index (χ1v) is 6.04. The molecule has 0 unspecified atom stereocenters. The zero-order valence-electron chi connectivity index (χ0n) is 12.2. The third-order valence-electron chi connectivity index (χ3n) is 2.55. The molecule has 0 saturated carbocycles. The molecule has 2 aromatic carbocycles. The number of nitrogens with two attached hydrogens (primary N) is 1. The number of methoxy groups -OCH3 is 2. The summed E-state index contributed by atoms with van der Waals surface area (Å²) in [7, 11) is 3.06. The van der Waals surface area contributed by atoms with Crippen LogP contribution in [0.1, 0.15) is 10.4 Å². The van der Waals surface area contributed by atoms with E-state index in [4.69, 9.17) is 20.6 Å². The summed E-state index contributed by atoms with van der Waals surface area (Å²) in [6.45, 7) is 0. The highest BCUT2D eigenvalue weighted by molar-refractivity contribution is 5.92. The number of ether oxygens (including phenoxy) is 2. The van der Waals surface area contributed by atoms with Crippen LogP contribution in [-0.2, 0) is 0 Å². The van der Waals surface area contributed by atoms with Gasteiger partial charge in [0.1, 0.15) is 5.75 Å². The number of diazo groups is 1. The van der Waals surface area contributed by atoms with Gasteiger partial charge in [0, 0.05) is 5.56 Å². The topological polar surface area (TPSA) is 89.7 Å². The Bertz CT molecular complexity index is 642. The molecule has 7 heteroatoms. The molecule has 22 heavy (non-hydrogen) atoms. The molecule has 1 amide bonds. The minimum atomic E-state index is -0.379. The first-order valence-electron chi connectivity index (χ1n) is 6.04. The molecular weight excluding hydrogens is 306 g/mol. The lowest BCUT2D eigenvalue weighted by molar-refractivity contribution is -0.0000134. The number of carbonyl (C=O) groups is 1. The summed E-state index contributed by atoms with van der Waals surface area (Å²) >= 11 is 0. The van der Waals surface area contributed by atoms with Gasteiger partial charge in [-0.25, -0.2) is 0 Å². The van der Waals surface area contributed by atoms with Crippen LogP contribution in [0.25, 0.3) is 4.98 Å². The van der Waals surface area contributed by atoms with Gasteiger partial charge in [0.2, 0.25) is 17.0 Å². The van der Waals surface area contributed by atoms with Crippen molar-refractivity contribution in [2.24, 2.45) is 5.73 Å². The number of rotatable bonds is 3. The Labute approximate surface area is 134 Å². The summed E-state index contributed by atoms with van der Waals surface area (Å²) in [5.74, 6) is 0.762. The second-order valence-corrected chi connectivity index (χ2v) is 3.87. The van der Waals surface area contributed by atoms with Gasteiger partial charge < -0.3 is 27.6 Å². The summed E-state index contributed by atoms with van der Waals surface area (Å²) in [6, 6.07) is 13.7. The molecule has 0 heterocycles. The van der Waals surface area contributed by atoms with E-state index in [9.17, 15) is 4.79 Å². The number of benzene rings is 2. The minimum Gasteiger partial charge on any atom is -1.00 e. The van der Waals surface area contributed by atoms with Crippen LogP contribution in [0.2, 0.25) is 0 Å². The van der Waals surface area contributed by atoms with E-state index in [0.717, 1.165) is 0 Å². The van der Waals surface area contributed by atoms with E-state index in [0.29, 0.717) is 22.7 Å². The summed E-state index contributed by atoms with van der Waals surface area (Å²) in [5, 5.41) is 8.56. The Morgan fingerprint density at radius 1 is 1.09 bits per heavy atom. The maximum Gasteiger partial charge on any atom is 0.429 e. The van der Waals surface area contributed by atoms with E-state index in [1.807, 2.05) is 6.07 Å². The van der Waals surface area contributed by atoms with Gasteiger partial charge in [-0.15, -0.1) is 0 Å². The molecule has 0 aliphatic heterocycles. The highest BCUT2D eigenvalue weighted by Crippen LogP contribution is 2.30. The van der Waals surface area contributed by atoms with Crippen molar-refractivity contribution in [2.75, 3.05) is 14.2 Å². The largest absolute Gasteiger partial charge is 1.00 e. The lowest BCUT2D eigenvalue weighted by Crippen LogP contribution is -3.00. The van der Waals surface area contributed by atoms with Crippen LogP contribution in [-0.4, -0.2) is 20.1 Å². The molecule has 0 aliphatic rings. The highest BCUT2D eigenvalue weighted by Gasteiger charge is 2.14. The number of nitrogens with zero attached hydrogens (tertiary/aromatic N) is 2. The lowest BCUT2D eigenvalue weighted by atomic mass is 10.2. The molecular formula is C15H16ClN3O3. The fourth-order valence-corrected chi connectivity index (χ4v) is 1.48. The lowest BCUT2D eigenvalue weighted by Gasteiger charge is -1.98. The molecule has 0 spiro atoms. The molecule has 0 aliphatic carbocycles. The van der Waals surface area contributed by atoms with Crippen molar-refractivity contribution in [3.63, 3.8) is 0 Å². The third-order valence-corrected chi connectivity index (χ3v) is 2.55. The monoisotopic (exact) mass is 321 g/mol. The average Bonchev–Trinajstić information content (AvgIpc) is 2.55. The summed E-state index contributed by atoms with van der Waals surface area (Å²) in [4.78, 5) is 13.5. The Morgan fingerprint density at radius 2 is 1.73 bits per heavy atom. The van der Waals surface area contributed by atoms with E-state index in [1.165, 1.54) is 7.11 Å². The van der Waals surface area contributed by atoms with Crippen LogP contribution >= 0.6 is 0 Å². The summed E-state index contributed by atoms with van der Waals surface area (Å²) in [6.07, 6.45) is 0. The number of amides is 1. The molecule has 0 atom stereocenters. The molecule has 0 bridgehead atoms. The van der Waals surface area contributed by atoms with Crippen molar-refractivity contribution in [3.05, 3.63) is 59.1 Å². The van der Waals surface area contributed by atoms with Gasteiger partial charge in [-0.05, 0) is 24.3 Å². The van der Waals surface area contributed by atoms with Crippen LogP contribution in [0.5, 0.6) is 11.5 Å². The number of carbonyl (C=O) groups excluding carboxylic acids is 1. The van der Waals surface area contributed by atoms with E-state index in [-0.39, 0.29) is 18.3 Å². The molecule has 6 nitrogen and oxygen atoms in total. The summed E-state index contributed by atoms with van der Waals surface area (Å²) < 4.78 is 9.86. The molecule has 116 valence electrons. The third kappa shape index (κ3) is 5.69. The maximum atomic E-state index is 10.4. The van der Waals surface area contributed by atoms with Gasteiger partial charge in [0.25, 0.3) is 0 Å². The zero-order valence-corrected chi connectivity index (χ0v) is 12.9. The Morgan fingerprint density at radius 3 is 2.14 bits per heavy atom. The fraction of sp³-hybridized carbons (Fsp3) is 0.133. The second kappa shape index (κ2) is 10.0. The quantitative estimate of drug-likeness (QED) is 0.804. The van der Waals surface area contributed by atoms with Gasteiger partial charge in [-0.3, -0.25) is 4.79 Å². The molecule has 2 aromatic rings. The van der Waals surface area contributed by atoms with Crippen molar-refractivity contribution in [2.45, 2.75) is 0 Å². The molecule has 0 fully saturated rings. The molecule has 2 rings (SSSR count). The number of primary amides is 1. The van der Waals surface area contributed by atoms with Crippen LogP contribution in [0.15, 0.2) is 48.5 Å². The van der Waals surface area contributed by atoms with Gasteiger partial charge in [0.05, 0.1) is 20.3 Å². The predicted octanol–water partition coefficient (Wildman–Crippen LogP) is -0.0221. The predicted molar refractivity (Wildman–Crippen MR) is 79.2 cm³/mol. The fourth-order valence-electron chi connectivity index (χ4n) is 1.48. The van der Waals surface area contributed by atoms with Crippen LogP contribution in [0.3, 0.4) is 0 Å². The Hall–Kier alpha value is -2.78. The first kappa shape index (κ1) is 19.2. The minimum absolute atomic E-state index is 0. The van der Waals surface area contributed by atoms with Crippen LogP contribution in [0.4, 0.5) is 5.69 Å². The van der Waals surface area contributed by atoms with Crippen molar-refractivity contribution in [1.82, 2.24) is 0 Å². The van der Waals surface area contributed by atoms with Crippen molar-refractivity contribution >= 4 is 11.6 Å². The van der Waals surface area contributed by atoms with Crippen LogP contribution < -0.4 is 27.6 Å². The maximum absolute atomic E-state index is 10.4. The standard InChI is InChI=1S/C8H9N2O2.C7H7NO.ClH/c1-11-6-3-4-8(12-2)7(5-6)10-9;8-7(9)6-4-2-1-3-5-6;/h3-5H,1-2H3;1-5H,(H2,8,9);1H/q+1;;/p-1. The molecule has 0 aromatic heterocycles. The van der Waals surface area contributed by atoms with Crippen LogP contribution in [0, 0.1) is 5.39 Å². The Balaban J connectivity index is 0.000000397. The molecule has 0 radical (unpaired) electrons. The molecule has 0 saturated heterocycles. The van der Waals surface area contributed by atoms with Gasteiger partial charge in [-0.1, -0.05) is 18.2 Å². The first-order chi connectivity index (χ1) is 10.1. The van der Waals surface area contributed by atoms with Gasteiger partial charge in [0.15, 0.2) is 4.98 Å². The summed E-state index contributed by atoms with van der Waals surface area (Å²) in [5.41, 5.74) is 5.89. The molecule has 2 N–H and O–H groups in total. The van der Waals surface area contributed by atoms with Crippen molar-refractivity contribution in [3.8, 4) is 11.5 Å². The number of hydrogen-bond donors (Lipinski definition) is 1. The van der Waals surface area contributed by atoms with Gasteiger partial charge in [-0.2, -0.15) is 0 Å². The number of halogens is 1. The SMILES string of the molecule is COc1ccc(OC)c([N+]#N)c1.NC(=O)c1ccccc1.[Cl-]. The van der Waals surface area contributed by atoms with E-state index < -0.39 is 0 Å². The average molecular weight is 322 g/mol. The highest BCUT2D eigenvalue weighted by atomic mass is 35.5. The van der Waals surface area contributed by atoms with Gasteiger partial charge >= 0.3 is 5.69 Å².